The van der Waals surface area contributed by atoms with Gasteiger partial charge in [0.2, 0.25) is 0 Å². The standard InChI is InChI=1S/C9H15BrN2O/c1-4-7-9(10)8(5-6(2)13)12(3)11-7/h6,13H,4-5H2,1-3H3. The molecule has 1 aromatic rings. The van der Waals surface area contributed by atoms with E-state index < -0.39 is 0 Å². The smallest absolute Gasteiger partial charge is 0.0766 e. The molecular weight excluding hydrogens is 232 g/mol. The van der Waals surface area contributed by atoms with Crippen molar-refractivity contribution >= 4 is 15.9 Å². The molecule has 1 rings (SSSR count). The first-order valence-corrected chi connectivity index (χ1v) is 5.23. The average molecular weight is 247 g/mol. The second kappa shape index (κ2) is 4.24. The zero-order valence-electron chi connectivity index (χ0n) is 8.21. The maximum atomic E-state index is 9.27. The zero-order chi connectivity index (χ0) is 10.0. The number of aliphatic hydroxyl groups is 1. The van der Waals surface area contributed by atoms with Crippen LogP contribution in [0, 0.1) is 0 Å². The van der Waals surface area contributed by atoms with Crippen molar-refractivity contribution < 1.29 is 5.11 Å². The van der Waals surface area contributed by atoms with Crippen LogP contribution in [0.1, 0.15) is 25.2 Å². The number of halogens is 1. The molecule has 4 heteroatoms. The topological polar surface area (TPSA) is 38.0 Å². The van der Waals surface area contributed by atoms with Crippen molar-refractivity contribution in [2.75, 3.05) is 0 Å². The Kier molecular flexibility index (Phi) is 3.50. The molecule has 1 N–H and O–H groups in total. The molecule has 0 aliphatic rings. The van der Waals surface area contributed by atoms with Gasteiger partial charge in [0.25, 0.3) is 0 Å². The minimum absolute atomic E-state index is 0.323. The van der Waals surface area contributed by atoms with E-state index in [4.69, 9.17) is 0 Å². The second-order valence-corrected chi connectivity index (χ2v) is 4.03. The molecule has 0 saturated heterocycles. The van der Waals surface area contributed by atoms with Crippen molar-refractivity contribution in [1.82, 2.24) is 9.78 Å². The lowest BCUT2D eigenvalue weighted by Crippen LogP contribution is -2.09. The molecule has 0 bridgehead atoms. The Labute approximate surface area is 86.9 Å². The van der Waals surface area contributed by atoms with Gasteiger partial charge in [-0.15, -0.1) is 0 Å². The van der Waals surface area contributed by atoms with E-state index in [9.17, 15) is 5.11 Å². The molecule has 0 radical (unpaired) electrons. The molecule has 1 atom stereocenters. The predicted octanol–water partition coefficient (Wildman–Crippen LogP) is 1.67. The predicted molar refractivity (Wildman–Crippen MR) is 55.7 cm³/mol. The van der Waals surface area contributed by atoms with Crippen LogP contribution < -0.4 is 0 Å². The van der Waals surface area contributed by atoms with Crippen LogP contribution in [-0.4, -0.2) is 21.0 Å². The number of aryl methyl sites for hydroxylation is 2. The second-order valence-electron chi connectivity index (χ2n) is 3.24. The Morgan fingerprint density at radius 2 is 2.23 bits per heavy atom. The Hall–Kier alpha value is -0.350. The normalized spacial score (nSPS) is 13.3. The van der Waals surface area contributed by atoms with E-state index in [0.29, 0.717) is 6.42 Å². The molecule has 1 heterocycles. The summed E-state index contributed by atoms with van der Waals surface area (Å²) in [5.74, 6) is 0. The van der Waals surface area contributed by atoms with Crippen LogP contribution in [0.5, 0.6) is 0 Å². The first kappa shape index (κ1) is 10.7. The van der Waals surface area contributed by atoms with Crippen LogP contribution in [0.3, 0.4) is 0 Å². The van der Waals surface area contributed by atoms with Gasteiger partial charge in [-0.25, -0.2) is 0 Å². The summed E-state index contributed by atoms with van der Waals surface area (Å²) in [6.45, 7) is 3.85. The number of rotatable bonds is 3. The van der Waals surface area contributed by atoms with E-state index in [1.807, 2.05) is 11.7 Å². The van der Waals surface area contributed by atoms with Crippen molar-refractivity contribution in [2.45, 2.75) is 32.8 Å². The van der Waals surface area contributed by atoms with E-state index in [1.54, 1.807) is 6.92 Å². The summed E-state index contributed by atoms with van der Waals surface area (Å²) in [6, 6.07) is 0. The third-order valence-electron chi connectivity index (χ3n) is 1.99. The zero-order valence-corrected chi connectivity index (χ0v) is 9.80. The van der Waals surface area contributed by atoms with Gasteiger partial charge in [0.15, 0.2) is 0 Å². The van der Waals surface area contributed by atoms with Gasteiger partial charge in [0.1, 0.15) is 0 Å². The highest BCUT2D eigenvalue weighted by atomic mass is 79.9. The van der Waals surface area contributed by atoms with Gasteiger partial charge < -0.3 is 5.11 Å². The van der Waals surface area contributed by atoms with Crippen molar-refractivity contribution in [2.24, 2.45) is 7.05 Å². The molecule has 0 saturated carbocycles. The molecular formula is C9H15BrN2O. The Balaban J connectivity index is 2.98. The highest BCUT2D eigenvalue weighted by molar-refractivity contribution is 9.10. The van der Waals surface area contributed by atoms with Gasteiger partial charge in [-0.05, 0) is 29.3 Å². The SMILES string of the molecule is CCc1nn(C)c(CC(C)O)c1Br. The lowest BCUT2D eigenvalue weighted by atomic mass is 10.2. The quantitative estimate of drug-likeness (QED) is 0.882. The molecule has 1 aromatic heterocycles. The fraction of sp³-hybridized carbons (Fsp3) is 0.667. The number of hydrogen-bond donors (Lipinski definition) is 1. The van der Waals surface area contributed by atoms with Gasteiger partial charge in [-0.1, -0.05) is 6.92 Å². The summed E-state index contributed by atoms with van der Waals surface area (Å²) >= 11 is 3.50. The van der Waals surface area contributed by atoms with Crippen molar-refractivity contribution in [3.8, 4) is 0 Å². The molecule has 0 spiro atoms. The fourth-order valence-corrected chi connectivity index (χ4v) is 2.10. The highest BCUT2D eigenvalue weighted by Crippen LogP contribution is 2.22. The molecule has 0 fully saturated rings. The van der Waals surface area contributed by atoms with Crippen LogP contribution >= 0.6 is 15.9 Å². The maximum absolute atomic E-state index is 9.27. The van der Waals surface area contributed by atoms with Crippen LogP contribution in [0.2, 0.25) is 0 Å². The van der Waals surface area contributed by atoms with E-state index >= 15 is 0 Å². The first-order chi connectivity index (χ1) is 6.06. The lowest BCUT2D eigenvalue weighted by Gasteiger charge is -2.04. The molecule has 0 aromatic carbocycles. The average Bonchev–Trinajstić information content (AvgIpc) is 2.31. The highest BCUT2D eigenvalue weighted by Gasteiger charge is 2.13. The Bertz CT molecular complexity index is 294. The van der Waals surface area contributed by atoms with E-state index in [-0.39, 0.29) is 6.10 Å². The van der Waals surface area contributed by atoms with Crippen LogP contribution in [-0.2, 0) is 19.9 Å². The maximum Gasteiger partial charge on any atom is 0.0766 e. The van der Waals surface area contributed by atoms with Gasteiger partial charge in [-0.2, -0.15) is 5.10 Å². The molecule has 0 amide bonds. The number of nitrogens with zero attached hydrogens (tertiary/aromatic N) is 2. The van der Waals surface area contributed by atoms with Crippen molar-refractivity contribution in [3.05, 3.63) is 15.9 Å². The minimum atomic E-state index is -0.323. The Morgan fingerprint density at radius 1 is 1.62 bits per heavy atom. The monoisotopic (exact) mass is 246 g/mol. The number of aromatic nitrogens is 2. The van der Waals surface area contributed by atoms with Crippen LogP contribution in [0.15, 0.2) is 4.47 Å². The summed E-state index contributed by atoms with van der Waals surface area (Å²) in [6.07, 6.45) is 1.23. The molecule has 13 heavy (non-hydrogen) atoms. The van der Waals surface area contributed by atoms with Gasteiger partial charge in [0.05, 0.1) is 22.0 Å². The summed E-state index contributed by atoms with van der Waals surface area (Å²) in [7, 11) is 1.90. The van der Waals surface area contributed by atoms with Crippen molar-refractivity contribution in [3.63, 3.8) is 0 Å². The van der Waals surface area contributed by atoms with Crippen molar-refractivity contribution in [1.29, 1.82) is 0 Å². The minimum Gasteiger partial charge on any atom is -0.393 e. The summed E-state index contributed by atoms with van der Waals surface area (Å²) in [5.41, 5.74) is 2.12. The fourth-order valence-electron chi connectivity index (χ4n) is 1.32. The van der Waals surface area contributed by atoms with Crippen LogP contribution in [0.4, 0.5) is 0 Å². The third kappa shape index (κ3) is 2.31. The summed E-state index contributed by atoms with van der Waals surface area (Å²) in [4.78, 5) is 0. The van der Waals surface area contributed by atoms with Gasteiger partial charge in [-0.3, -0.25) is 4.68 Å². The molecule has 3 nitrogen and oxygen atoms in total. The number of hydrogen-bond acceptors (Lipinski definition) is 2. The summed E-state index contributed by atoms with van der Waals surface area (Å²) in [5, 5.41) is 13.6. The molecule has 0 aliphatic carbocycles. The molecule has 1 unspecified atom stereocenters. The largest absolute Gasteiger partial charge is 0.393 e. The van der Waals surface area contributed by atoms with E-state index in [0.717, 1.165) is 22.3 Å². The van der Waals surface area contributed by atoms with E-state index in [1.165, 1.54) is 0 Å². The molecule has 74 valence electrons. The third-order valence-corrected chi connectivity index (χ3v) is 2.91. The Morgan fingerprint density at radius 3 is 2.62 bits per heavy atom. The van der Waals surface area contributed by atoms with E-state index in [2.05, 4.69) is 28.0 Å². The number of aliphatic hydroxyl groups excluding tert-OH is 1. The molecule has 0 aliphatic heterocycles. The lowest BCUT2D eigenvalue weighted by molar-refractivity contribution is 0.192. The summed E-state index contributed by atoms with van der Waals surface area (Å²) < 4.78 is 2.87. The van der Waals surface area contributed by atoms with Gasteiger partial charge >= 0.3 is 0 Å². The van der Waals surface area contributed by atoms with Crippen LogP contribution in [0.25, 0.3) is 0 Å². The van der Waals surface area contributed by atoms with Gasteiger partial charge in [0, 0.05) is 13.5 Å². The first-order valence-electron chi connectivity index (χ1n) is 4.44.